The van der Waals surface area contributed by atoms with Crippen LogP contribution in [-0.2, 0) is 18.9 Å². The van der Waals surface area contributed by atoms with E-state index in [1.807, 2.05) is 13.0 Å². The molecule has 34 heavy (non-hydrogen) atoms. The first-order chi connectivity index (χ1) is 16.6. The number of hydrogen-bond donors (Lipinski definition) is 1. The Balaban J connectivity index is 1.50. The van der Waals surface area contributed by atoms with Gasteiger partial charge in [0.05, 0.1) is 18.3 Å². The Morgan fingerprint density at radius 1 is 1.09 bits per heavy atom. The Morgan fingerprint density at radius 2 is 1.85 bits per heavy atom. The summed E-state index contributed by atoms with van der Waals surface area (Å²) in [6.45, 7) is 5.79. The average Bonchev–Trinajstić information content (AvgIpc) is 3.36. The van der Waals surface area contributed by atoms with E-state index in [4.69, 9.17) is 18.9 Å². The molecule has 190 valence electrons. The molecule has 2 aliphatic carbocycles. The summed E-state index contributed by atoms with van der Waals surface area (Å²) < 4.78 is 25.0. The molecule has 0 aromatic carbocycles. The van der Waals surface area contributed by atoms with Crippen molar-refractivity contribution in [1.29, 1.82) is 0 Å². The molecule has 0 bridgehead atoms. The van der Waals surface area contributed by atoms with Gasteiger partial charge in [-0.1, -0.05) is 23.8 Å². The maximum atomic E-state index is 9.42. The number of ether oxygens (including phenoxy) is 4. The van der Waals surface area contributed by atoms with Gasteiger partial charge >= 0.3 is 0 Å². The van der Waals surface area contributed by atoms with Crippen LogP contribution in [-0.4, -0.2) is 49.2 Å². The highest BCUT2D eigenvalue weighted by atomic mass is 16.7. The van der Waals surface area contributed by atoms with Gasteiger partial charge in [-0.25, -0.2) is 0 Å². The number of aliphatic hydroxyl groups excluding tert-OH is 1. The van der Waals surface area contributed by atoms with E-state index in [0.717, 1.165) is 77.4 Å². The minimum Gasteiger partial charge on any atom is -0.392 e. The smallest absolute Gasteiger partial charge is 0.158 e. The monoisotopic (exact) mass is 472 g/mol. The third kappa shape index (κ3) is 6.95. The normalized spacial score (nSPS) is 36.9. The van der Waals surface area contributed by atoms with Gasteiger partial charge in [0.15, 0.2) is 12.6 Å². The van der Waals surface area contributed by atoms with E-state index in [1.165, 1.54) is 12.0 Å². The van der Waals surface area contributed by atoms with Gasteiger partial charge in [-0.05, 0) is 89.9 Å². The summed E-state index contributed by atoms with van der Waals surface area (Å²) in [4.78, 5) is 0. The van der Waals surface area contributed by atoms with E-state index in [0.29, 0.717) is 17.8 Å². The predicted octanol–water partition coefficient (Wildman–Crippen LogP) is 5.52. The van der Waals surface area contributed by atoms with Gasteiger partial charge in [-0.2, -0.15) is 0 Å². The second-order valence-electron chi connectivity index (χ2n) is 10.7. The number of aliphatic hydroxyl groups is 1. The maximum Gasteiger partial charge on any atom is 0.158 e. The zero-order valence-corrected chi connectivity index (χ0v) is 21.2. The summed E-state index contributed by atoms with van der Waals surface area (Å²) in [5.41, 5.74) is 0.981. The summed E-state index contributed by atoms with van der Waals surface area (Å²) in [5, 5.41) is 9.42. The molecule has 1 N–H and O–H groups in total. The lowest BCUT2D eigenvalue weighted by Crippen LogP contribution is -2.36. The predicted molar refractivity (Wildman–Crippen MR) is 133 cm³/mol. The lowest BCUT2D eigenvalue weighted by Gasteiger charge is -2.34. The van der Waals surface area contributed by atoms with E-state index in [-0.39, 0.29) is 25.3 Å². The van der Waals surface area contributed by atoms with Gasteiger partial charge in [0.2, 0.25) is 0 Å². The molecule has 3 unspecified atom stereocenters. The van der Waals surface area contributed by atoms with Crippen LogP contribution >= 0.6 is 0 Å². The highest BCUT2D eigenvalue weighted by Crippen LogP contribution is 2.52. The lowest BCUT2D eigenvalue weighted by atomic mass is 9.88. The zero-order chi connectivity index (χ0) is 23.8. The number of fused-ring (bicyclic) bond motifs is 1. The van der Waals surface area contributed by atoms with E-state index < -0.39 is 5.60 Å². The Morgan fingerprint density at radius 3 is 2.53 bits per heavy atom. The first-order valence-corrected chi connectivity index (χ1v) is 13.5. The van der Waals surface area contributed by atoms with Crippen LogP contribution in [0.15, 0.2) is 23.8 Å². The van der Waals surface area contributed by atoms with Crippen molar-refractivity contribution in [3.63, 3.8) is 0 Å². The average molecular weight is 473 g/mol. The van der Waals surface area contributed by atoms with Crippen LogP contribution in [0, 0.1) is 29.6 Å². The summed E-state index contributed by atoms with van der Waals surface area (Å²) in [6.07, 6.45) is 18.0. The molecule has 2 aliphatic heterocycles. The second-order valence-corrected chi connectivity index (χ2v) is 10.7. The molecule has 2 heterocycles. The fourth-order valence-electron chi connectivity index (χ4n) is 6.24. The minimum absolute atomic E-state index is 0.0703. The molecule has 0 aromatic heterocycles. The van der Waals surface area contributed by atoms with Gasteiger partial charge in [0.1, 0.15) is 0 Å². The van der Waals surface area contributed by atoms with Crippen LogP contribution in [0.2, 0.25) is 0 Å². The number of hydrogen-bond acceptors (Lipinski definition) is 5. The van der Waals surface area contributed by atoms with Crippen molar-refractivity contribution in [2.45, 2.75) is 109 Å². The third-order valence-electron chi connectivity index (χ3n) is 8.06. The number of rotatable bonds is 9. The van der Waals surface area contributed by atoms with Gasteiger partial charge in [-0.3, -0.25) is 0 Å². The number of allylic oxidation sites excluding steroid dienone is 1. The molecule has 0 spiro atoms. The molecule has 0 aromatic rings. The van der Waals surface area contributed by atoms with Gasteiger partial charge in [-0.15, -0.1) is 11.8 Å². The molecule has 4 fully saturated rings. The molecule has 0 amide bonds. The van der Waals surface area contributed by atoms with Crippen molar-refractivity contribution in [2.75, 3.05) is 19.8 Å². The van der Waals surface area contributed by atoms with Crippen molar-refractivity contribution < 1.29 is 24.1 Å². The molecular weight excluding hydrogens is 428 g/mol. The Bertz CT molecular complexity index is 752. The van der Waals surface area contributed by atoms with Gasteiger partial charge in [0, 0.05) is 25.6 Å². The third-order valence-corrected chi connectivity index (χ3v) is 8.06. The summed E-state index contributed by atoms with van der Waals surface area (Å²) >= 11 is 0. The van der Waals surface area contributed by atoms with Crippen LogP contribution in [0.5, 0.6) is 0 Å². The highest BCUT2D eigenvalue weighted by molar-refractivity contribution is 5.19. The summed E-state index contributed by atoms with van der Waals surface area (Å²) in [7, 11) is 0. The zero-order valence-electron chi connectivity index (χ0n) is 21.2. The molecule has 2 saturated heterocycles. The lowest BCUT2D eigenvalue weighted by molar-refractivity contribution is -0.208. The van der Waals surface area contributed by atoms with Crippen LogP contribution in [0.25, 0.3) is 0 Å². The largest absolute Gasteiger partial charge is 0.392 e. The molecular formula is C29H44O5. The SMILES string of the molecule is CC#CCCC(C)(C=C[C@@H]1[C@H]2CC(=CCO)C[C@H]2C[C@H]1OC1CCCCO1)OC1CCCCO1. The molecule has 5 nitrogen and oxygen atoms in total. The van der Waals surface area contributed by atoms with E-state index >= 15 is 0 Å². The van der Waals surface area contributed by atoms with Crippen molar-refractivity contribution in [3.05, 3.63) is 23.8 Å². The fraction of sp³-hybridized carbons (Fsp3) is 0.793. The Labute approximate surface area is 206 Å². The van der Waals surface area contributed by atoms with Gasteiger partial charge < -0.3 is 24.1 Å². The van der Waals surface area contributed by atoms with Crippen LogP contribution < -0.4 is 0 Å². The highest BCUT2D eigenvalue weighted by Gasteiger charge is 2.47. The van der Waals surface area contributed by atoms with Gasteiger partial charge in [0.25, 0.3) is 0 Å². The van der Waals surface area contributed by atoms with E-state index in [9.17, 15) is 5.11 Å². The van der Waals surface area contributed by atoms with Crippen molar-refractivity contribution >= 4 is 0 Å². The molecule has 5 heteroatoms. The molecule has 2 saturated carbocycles. The Hall–Kier alpha value is -1.16. The fourth-order valence-corrected chi connectivity index (χ4v) is 6.24. The van der Waals surface area contributed by atoms with Crippen molar-refractivity contribution in [1.82, 2.24) is 0 Å². The molecule has 4 rings (SSSR count). The quantitative estimate of drug-likeness (QED) is 0.353. The summed E-state index contributed by atoms with van der Waals surface area (Å²) in [6, 6.07) is 0. The van der Waals surface area contributed by atoms with Crippen LogP contribution in [0.3, 0.4) is 0 Å². The second kappa shape index (κ2) is 12.7. The van der Waals surface area contributed by atoms with Crippen molar-refractivity contribution in [2.24, 2.45) is 17.8 Å². The molecule has 7 atom stereocenters. The Kier molecular flexibility index (Phi) is 9.68. The minimum atomic E-state index is -0.418. The van der Waals surface area contributed by atoms with E-state index in [2.05, 4.69) is 30.9 Å². The van der Waals surface area contributed by atoms with Crippen LogP contribution in [0.4, 0.5) is 0 Å². The molecule has 0 radical (unpaired) electrons. The first kappa shape index (κ1) is 25.9. The van der Waals surface area contributed by atoms with Crippen LogP contribution in [0.1, 0.15) is 84.5 Å². The molecule has 4 aliphatic rings. The topological polar surface area (TPSA) is 57.2 Å². The standard InChI is InChI=1S/C29H44O5/c1-3-4-7-14-29(2,34-28-11-6-9-18-32-28)15-12-24-25-20-22(13-16-30)19-23(25)21-26(24)33-27-10-5-8-17-31-27/h12-13,15,23-28,30H,5-11,14,16-21H2,1-2H3/t23-,24+,25-,26+,27?,28?,29?/m0/s1. The van der Waals surface area contributed by atoms with Crippen molar-refractivity contribution in [3.8, 4) is 11.8 Å². The first-order valence-electron chi connectivity index (χ1n) is 13.5. The van der Waals surface area contributed by atoms with E-state index in [1.54, 1.807) is 0 Å². The maximum absolute atomic E-state index is 9.42. The summed E-state index contributed by atoms with van der Waals surface area (Å²) in [5.74, 6) is 7.72.